The van der Waals surface area contributed by atoms with Gasteiger partial charge in [-0.3, -0.25) is 4.79 Å². The zero-order valence-electron chi connectivity index (χ0n) is 9.73. The molecule has 6 heteroatoms. The molecule has 2 rings (SSSR count). The number of aromatic nitrogens is 2. The molecule has 0 unspecified atom stereocenters. The first kappa shape index (κ1) is 11.8. The van der Waals surface area contributed by atoms with Crippen LogP contribution in [-0.4, -0.2) is 28.5 Å². The third kappa shape index (κ3) is 2.52. The lowest BCUT2D eigenvalue weighted by molar-refractivity contribution is -0.121. The summed E-state index contributed by atoms with van der Waals surface area (Å²) in [5.74, 6) is 0.671. The fraction of sp³-hybridized carbons (Fsp3) is 0.364. The molecule has 1 atom stereocenters. The molecule has 0 saturated carbocycles. The van der Waals surface area contributed by atoms with Gasteiger partial charge in [0, 0.05) is 6.54 Å². The molecule has 17 heavy (non-hydrogen) atoms. The number of likely N-dealkylation sites (N-methyl/N-ethyl adjacent to an activating group) is 1. The second-order valence-corrected chi connectivity index (χ2v) is 4.52. The molecule has 0 bridgehead atoms. The van der Waals surface area contributed by atoms with Crippen LogP contribution in [-0.2, 0) is 4.79 Å². The monoisotopic (exact) mass is 250 g/mol. The summed E-state index contributed by atoms with van der Waals surface area (Å²) >= 11 is 1.56. The van der Waals surface area contributed by atoms with E-state index in [0.29, 0.717) is 12.4 Å². The zero-order valence-corrected chi connectivity index (χ0v) is 10.5. The topological polar surface area (TPSA) is 66.9 Å². The molecule has 0 aliphatic heterocycles. The second-order valence-electron chi connectivity index (χ2n) is 3.62. The maximum Gasteiger partial charge on any atom is 0.242 e. The van der Waals surface area contributed by atoms with Gasteiger partial charge in [0.05, 0.1) is 5.39 Å². The third-order valence-electron chi connectivity index (χ3n) is 2.36. The Morgan fingerprint density at radius 3 is 3.12 bits per heavy atom. The summed E-state index contributed by atoms with van der Waals surface area (Å²) in [6, 6.07) is 1.64. The van der Waals surface area contributed by atoms with Gasteiger partial charge in [0.15, 0.2) is 0 Å². The lowest BCUT2D eigenvalue weighted by Crippen LogP contribution is -2.37. The van der Waals surface area contributed by atoms with Crippen LogP contribution in [0, 0.1) is 0 Å². The molecule has 90 valence electrons. The van der Waals surface area contributed by atoms with Crippen molar-refractivity contribution in [1.82, 2.24) is 15.3 Å². The average Bonchev–Trinajstić information content (AvgIpc) is 2.78. The predicted octanol–water partition coefficient (Wildman–Crippen LogP) is 1.63. The number of hydrogen-bond donors (Lipinski definition) is 2. The smallest absolute Gasteiger partial charge is 0.242 e. The van der Waals surface area contributed by atoms with Crippen molar-refractivity contribution in [2.75, 3.05) is 11.9 Å². The summed E-state index contributed by atoms with van der Waals surface area (Å²) < 4.78 is 0. The molecule has 0 aromatic carbocycles. The number of carbonyl (C=O) groups is 1. The van der Waals surface area contributed by atoms with Gasteiger partial charge in [-0.15, -0.1) is 11.3 Å². The summed E-state index contributed by atoms with van der Waals surface area (Å²) in [6.45, 7) is 4.33. The molecule has 2 aromatic heterocycles. The van der Waals surface area contributed by atoms with Crippen molar-refractivity contribution in [2.24, 2.45) is 0 Å². The summed E-state index contributed by atoms with van der Waals surface area (Å²) in [7, 11) is 0. The fourth-order valence-corrected chi connectivity index (χ4v) is 2.24. The van der Waals surface area contributed by atoms with E-state index in [9.17, 15) is 4.79 Å². The Bertz CT molecular complexity index is 525. The Morgan fingerprint density at radius 2 is 2.35 bits per heavy atom. The van der Waals surface area contributed by atoms with E-state index in [1.54, 1.807) is 11.3 Å². The summed E-state index contributed by atoms with van der Waals surface area (Å²) in [5, 5.41) is 8.78. The quantitative estimate of drug-likeness (QED) is 0.865. The van der Waals surface area contributed by atoms with Crippen molar-refractivity contribution in [3.05, 3.63) is 17.8 Å². The second kappa shape index (κ2) is 5.09. The lowest BCUT2D eigenvalue weighted by atomic mass is 10.3. The van der Waals surface area contributed by atoms with E-state index in [0.717, 1.165) is 10.2 Å². The van der Waals surface area contributed by atoms with Gasteiger partial charge in [0.1, 0.15) is 23.0 Å². The predicted molar refractivity (Wildman–Crippen MR) is 69.2 cm³/mol. The minimum Gasteiger partial charge on any atom is -0.358 e. The highest BCUT2D eigenvalue weighted by Crippen LogP contribution is 2.23. The molecule has 0 aliphatic rings. The highest BCUT2D eigenvalue weighted by atomic mass is 32.1. The van der Waals surface area contributed by atoms with Crippen molar-refractivity contribution in [3.8, 4) is 0 Å². The van der Waals surface area contributed by atoms with E-state index >= 15 is 0 Å². The Morgan fingerprint density at radius 1 is 1.53 bits per heavy atom. The van der Waals surface area contributed by atoms with Crippen molar-refractivity contribution < 1.29 is 4.79 Å². The largest absolute Gasteiger partial charge is 0.358 e. The van der Waals surface area contributed by atoms with Gasteiger partial charge in [-0.05, 0) is 25.3 Å². The molecular weight excluding hydrogens is 236 g/mol. The fourth-order valence-electron chi connectivity index (χ4n) is 1.50. The van der Waals surface area contributed by atoms with Crippen LogP contribution in [0.3, 0.4) is 0 Å². The minimum absolute atomic E-state index is 0.0329. The first-order valence-electron chi connectivity index (χ1n) is 5.44. The number of anilines is 1. The maximum atomic E-state index is 11.6. The molecule has 0 radical (unpaired) electrons. The summed E-state index contributed by atoms with van der Waals surface area (Å²) in [6.07, 6.45) is 1.51. The van der Waals surface area contributed by atoms with Crippen LogP contribution in [0.15, 0.2) is 17.8 Å². The van der Waals surface area contributed by atoms with Gasteiger partial charge in [0.25, 0.3) is 0 Å². The van der Waals surface area contributed by atoms with Gasteiger partial charge in [-0.1, -0.05) is 0 Å². The van der Waals surface area contributed by atoms with Crippen LogP contribution in [0.2, 0.25) is 0 Å². The first-order chi connectivity index (χ1) is 8.22. The molecular formula is C11H14N4OS. The number of rotatable bonds is 4. The van der Waals surface area contributed by atoms with Crippen LogP contribution in [0.4, 0.5) is 5.82 Å². The Balaban J connectivity index is 2.18. The molecule has 0 saturated heterocycles. The maximum absolute atomic E-state index is 11.6. The normalized spacial score (nSPS) is 12.4. The van der Waals surface area contributed by atoms with E-state index in [-0.39, 0.29) is 11.9 Å². The molecule has 5 nitrogen and oxygen atoms in total. The Kier molecular flexibility index (Phi) is 3.53. The standard InChI is InChI=1S/C11H14N4OS/c1-3-12-10(16)7(2)15-9-8-4-5-17-11(8)14-6-13-9/h4-7H,3H2,1-2H3,(H,12,16)(H,13,14,15)/t7-/m1/s1. The van der Waals surface area contributed by atoms with Crippen molar-refractivity contribution in [2.45, 2.75) is 19.9 Å². The van der Waals surface area contributed by atoms with Crippen LogP contribution in [0.25, 0.3) is 10.2 Å². The van der Waals surface area contributed by atoms with Gasteiger partial charge in [-0.25, -0.2) is 9.97 Å². The molecule has 0 aliphatic carbocycles. The lowest BCUT2D eigenvalue weighted by Gasteiger charge is -2.14. The summed E-state index contributed by atoms with van der Waals surface area (Å²) in [4.78, 5) is 20.9. The molecule has 2 N–H and O–H groups in total. The van der Waals surface area contributed by atoms with Crippen molar-refractivity contribution >= 4 is 33.3 Å². The van der Waals surface area contributed by atoms with Crippen molar-refractivity contribution in [1.29, 1.82) is 0 Å². The van der Waals surface area contributed by atoms with Crippen LogP contribution < -0.4 is 10.6 Å². The number of thiophene rings is 1. The van der Waals surface area contributed by atoms with Crippen LogP contribution >= 0.6 is 11.3 Å². The number of hydrogen-bond acceptors (Lipinski definition) is 5. The van der Waals surface area contributed by atoms with Gasteiger partial charge in [-0.2, -0.15) is 0 Å². The average molecular weight is 250 g/mol. The highest BCUT2D eigenvalue weighted by Gasteiger charge is 2.13. The van der Waals surface area contributed by atoms with Crippen LogP contribution in [0.1, 0.15) is 13.8 Å². The van der Waals surface area contributed by atoms with E-state index < -0.39 is 0 Å². The van der Waals surface area contributed by atoms with Gasteiger partial charge < -0.3 is 10.6 Å². The molecule has 0 spiro atoms. The molecule has 1 amide bonds. The SMILES string of the molecule is CCNC(=O)[C@@H](C)Nc1ncnc2sccc12. The minimum atomic E-state index is -0.312. The third-order valence-corrected chi connectivity index (χ3v) is 3.18. The van der Waals surface area contributed by atoms with Crippen molar-refractivity contribution in [3.63, 3.8) is 0 Å². The number of fused-ring (bicyclic) bond motifs is 1. The Labute approximate surface area is 103 Å². The number of nitrogens with one attached hydrogen (secondary N) is 2. The summed E-state index contributed by atoms with van der Waals surface area (Å²) in [5.41, 5.74) is 0. The van der Waals surface area contributed by atoms with E-state index in [1.165, 1.54) is 6.33 Å². The van der Waals surface area contributed by atoms with E-state index in [4.69, 9.17) is 0 Å². The van der Waals surface area contributed by atoms with Gasteiger partial charge >= 0.3 is 0 Å². The van der Waals surface area contributed by atoms with Crippen LogP contribution in [0.5, 0.6) is 0 Å². The highest BCUT2D eigenvalue weighted by molar-refractivity contribution is 7.16. The zero-order chi connectivity index (χ0) is 12.3. The molecule has 2 aromatic rings. The first-order valence-corrected chi connectivity index (χ1v) is 6.32. The van der Waals surface area contributed by atoms with Gasteiger partial charge in [0.2, 0.25) is 5.91 Å². The number of amides is 1. The van der Waals surface area contributed by atoms with E-state index in [1.807, 2.05) is 25.3 Å². The number of nitrogens with zero attached hydrogens (tertiary/aromatic N) is 2. The number of carbonyl (C=O) groups excluding carboxylic acids is 1. The Hall–Kier alpha value is -1.69. The molecule has 2 heterocycles. The molecule has 0 fully saturated rings. The van der Waals surface area contributed by atoms with E-state index in [2.05, 4.69) is 20.6 Å².